The van der Waals surface area contributed by atoms with Crippen LogP contribution < -0.4 is 9.46 Å². The van der Waals surface area contributed by atoms with Crippen LogP contribution in [0.2, 0.25) is 0 Å². The van der Waals surface area contributed by atoms with Crippen molar-refractivity contribution in [1.29, 1.82) is 0 Å². The maximum atomic E-state index is 12.4. The number of nitrogens with one attached hydrogen (secondary N) is 1. The van der Waals surface area contributed by atoms with E-state index in [-0.39, 0.29) is 0 Å². The van der Waals surface area contributed by atoms with E-state index in [1.807, 2.05) is 31.2 Å². The molecular formula is C20H19NO5S2. The molecule has 2 N–H and O–H groups in total. The SMILES string of the molecule is COC(=O)c1sc(-c2ccc(OC)cc2)c(C)c1-c1ccc(NS(=O)O)cc1. The lowest BCUT2D eigenvalue weighted by Gasteiger charge is -2.07. The molecule has 3 rings (SSSR count). The molecule has 0 saturated carbocycles. The Morgan fingerprint density at radius 3 is 2.18 bits per heavy atom. The number of thiophene rings is 1. The predicted octanol–water partition coefficient (Wildman–Crippen LogP) is 4.73. The van der Waals surface area contributed by atoms with Crippen molar-refractivity contribution in [3.63, 3.8) is 0 Å². The van der Waals surface area contributed by atoms with Crippen LogP contribution in [0, 0.1) is 6.92 Å². The molecule has 0 bridgehead atoms. The molecule has 0 spiro atoms. The van der Waals surface area contributed by atoms with Crippen LogP contribution in [0.5, 0.6) is 5.75 Å². The highest BCUT2D eigenvalue weighted by molar-refractivity contribution is 7.80. The van der Waals surface area contributed by atoms with E-state index in [4.69, 9.17) is 14.0 Å². The van der Waals surface area contributed by atoms with Gasteiger partial charge in [0, 0.05) is 16.1 Å². The average Bonchev–Trinajstić information content (AvgIpc) is 3.05. The molecule has 0 saturated heterocycles. The summed E-state index contributed by atoms with van der Waals surface area (Å²) in [6.45, 7) is 1.97. The van der Waals surface area contributed by atoms with Crippen LogP contribution in [0.25, 0.3) is 21.6 Å². The highest BCUT2D eigenvalue weighted by Crippen LogP contribution is 2.42. The van der Waals surface area contributed by atoms with Gasteiger partial charge in [-0.1, -0.05) is 12.1 Å². The van der Waals surface area contributed by atoms with Gasteiger partial charge in [-0.15, -0.1) is 11.3 Å². The Labute approximate surface area is 169 Å². The maximum Gasteiger partial charge on any atom is 0.348 e. The summed E-state index contributed by atoms with van der Waals surface area (Å²) >= 11 is -0.766. The van der Waals surface area contributed by atoms with Gasteiger partial charge in [0.1, 0.15) is 10.6 Å². The number of anilines is 1. The van der Waals surface area contributed by atoms with Gasteiger partial charge < -0.3 is 9.47 Å². The minimum Gasteiger partial charge on any atom is -0.497 e. The summed E-state index contributed by atoms with van der Waals surface area (Å²) in [5, 5.41) is 0. The Morgan fingerprint density at radius 1 is 1.04 bits per heavy atom. The monoisotopic (exact) mass is 417 g/mol. The Morgan fingerprint density at radius 2 is 1.64 bits per heavy atom. The van der Waals surface area contributed by atoms with E-state index in [9.17, 15) is 9.00 Å². The van der Waals surface area contributed by atoms with Crippen molar-refractivity contribution in [2.45, 2.75) is 6.92 Å². The van der Waals surface area contributed by atoms with Crippen molar-refractivity contribution >= 4 is 34.3 Å². The van der Waals surface area contributed by atoms with Crippen LogP contribution in [0.1, 0.15) is 15.2 Å². The zero-order valence-corrected chi connectivity index (χ0v) is 17.1. The van der Waals surface area contributed by atoms with Crippen LogP contribution >= 0.6 is 11.3 Å². The molecule has 8 heteroatoms. The highest BCUT2D eigenvalue weighted by atomic mass is 32.2. The third-order valence-corrected chi connectivity index (χ3v) is 5.98. The summed E-state index contributed by atoms with van der Waals surface area (Å²) in [7, 11) is 2.97. The van der Waals surface area contributed by atoms with Crippen molar-refractivity contribution in [1.82, 2.24) is 0 Å². The predicted molar refractivity (Wildman–Crippen MR) is 112 cm³/mol. The molecule has 0 aliphatic rings. The number of hydrogen-bond donors (Lipinski definition) is 2. The summed E-state index contributed by atoms with van der Waals surface area (Å²) < 4.78 is 32.5. The number of hydrogen-bond acceptors (Lipinski definition) is 5. The van der Waals surface area contributed by atoms with Gasteiger partial charge in [0.2, 0.25) is 0 Å². The van der Waals surface area contributed by atoms with Crippen LogP contribution in [0.4, 0.5) is 5.69 Å². The fourth-order valence-electron chi connectivity index (χ4n) is 2.92. The van der Waals surface area contributed by atoms with Crippen LogP contribution in [0.3, 0.4) is 0 Å². The second-order valence-corrected chi connectivity index (χ2v) is 7.63. The van der Waals surface area contributed by atoms with E-state index in [0.29, 0.717) is 10.6 Å². The molecule has 0 aliphatic heterocycles. The Hall–Kier alpha value is -2.68. The molecule has 28 heavy (non-hydrogen) atoms. The van der Waals surface area contributed by atoms with Gasteiger partial charge in [-0.05, 0) is 60.0 Å². The summed E-state index contributed by atoms with van der Waals surface area (Å²) in [6.07, 6.45) is 0. The molecule has 146 valence electrons. The highest BCUT2D eigenvalue weighted by Gasteiger charge is 2.23. The molecule has 2 aromatic carbocycles. The molecule has 0 aliphatic carbocycles. The van der Waals surface area contributed by atoms with Gasteiger partial charge in [-0.3, -0.25) is 9.27 Å². The minimum absolute atomic E-state index is 0.401. The van der Waals surface area contributed by atoms with E-state index in [1.165, 1.54) is 18.4 Å². The topological polar surface area (TPSA) is 84.9 Å². The number of carbonyl (C=O) groups excluding carboxylic acids is 1. The molecular weight excluding hydrogens is 398 g/mol. The molecule has 0 amide bonds. The lowest BCUT2D eigenvalue weighted by molar-refractivity contribution is 0.0607. The number of methoxy groups -OCH3 is 2. The lowest BCUT2D eigenvalue weighted by Crippen LogP contribution is -2.02. The first-order chi connectivity index (χ1) is 13.4. The zero-order chi connectivity index (χ0) is 20.3. The van der Waals surface area contributed by atoms with E-state index in [2.05, 4.69) is 4.72 Å². The molecule has 1 aromatic heterocycles. The van der Waals surface area contributed by atoms with Crippen molar-refractivity contribution < 1.29 is 23.0 Å². The first-order valence-electron chi connectivity index (χ1n) is 8.28. The molecule has 0 radical (unpaired) electrons. The summed E-state index contributed by atoms with van der Waals surface area (Å²) in [5.74, 6) is 0.359. The van der Waals surface area contributed by atoms with Crippen LogP contribution in [0.15, 0.2) is 48.5 Å². The molecule has 0 fully saturated rings. The minimum atomic E-state index is -2.14. The van der Waals surface area contributed by atoms with Gasteiger partial charge in [0.25, 0.3) is 11.3 Å². The number of ether oxygens (including phenoxy) is 2. The Bertz CT molecular complexity index is 1010. The molecule has 1 atom stereocenters. The number of carbonyl (C=O) groups is 1. The van der Waals surface area contributed by atoms with E-state index >= 15 is 0 Å². The fourth-order valence-corrected chi connectivity index (χ4v) is 4.51. The van der Waals surface area contributed by atoms with Gasteiger partial charge in [0.05, 0.1) is 14.2 Å². The summed E-state index contributed by atoms with van der Waals surface area (Å²) in [5.41, 5.74) is 4.06. The van der Waals surface area contributed by atoms with Crippen molar-refractivity contribution in [3.05, 3.63) is 59.0 Å². The van der Waals surface area contributed by atoms with Crippen molar-refractivity contribution in [3.8, 4) is 27.3 Å². The average molecular weight is 418 g/mol. The summed E-state index contributed by atoms with van der Waals surface area (Å²) in [6, 6.07) is 14.6. The summed E-state index contributed by atoms with van der Waals surface area (Å²) in [4.78, 5) is 13.9. The Kier molecular flexibility index (Phi) is 6.13. The quantitative estimate of drug-likeness (QED) is 0.447. The van der Waals surface area contributed by atoms with Gasteiger partial charge in [0.15, 0.2) is 0 Å². The van der Waals surface area contributed by atoms with E-state index in [0.717, 1.165) is 32.9 Å². The molecule has 3 aromatic rings. The van der Waals surface area contributed by atoms with Crippen LogP contribution in [-0.4, -0.2) is 29.0 Å². The largest absolute Gasteiger partial charge is 0.497 e. The first kappa shape index (κ1) is 20.1. The molecule has 1 unspecified atom stereocenters. The number of esters is 1. The van der Waals surface area contributed by atoms with Crippen molar-refractivity contribution in [2.75, 3.05) is 18.9 Å². The van der Waals surface area contributed by atoms with E-state index < -0.39 is 17.2 Å². The zero-order valence-electron chi connectivity index (χ0n) is 15.5. The first-order valence-corrected chi connectivity index (χ1v) is 10.2. The molecule has 6 nitrogen and oxygen atoms in total. The molecule has 1 heterocycles. The maximum absolute atomic E-state index is 12.4. The van der Waals surface area contributed by atoms with Gasteiger partial charge in [-0.25, -0.2) is 9.00 Å². The van der Waals surface area contributed by atoms with Gasteiger partial charge >= 0.3 is 5.97 Å². The van der Waals surface area contributed by atoms with Gasteiger partial charge in [-0.2, -0.15) is 0 Å². The lowest BCUT2D eigenvalue weighted by atomic mass is 9.98. The van der Waals surface area contributed by atoms with Crippen LogP contribution in [-0.2, 0) is 16.0 Å². The third kappa shape index (κ3) is 4.09. The smallest absolute Gasteiger partial charge is 0.348 e. The Balaban J connectivity index is 2.09. The van der Waals surface area contributed by atoms with Crippen molar-refractivity contribution in [2.24, 2.45) is 0 Å². The fraction of sp³-hybridized carbons (Fsp3) is 0.150. The second kappa shape index (κ2) is 8.55. The number of rotatable bonds is 6. The van der Waals surface area contributed by atoms with E-state index in [1.54, 1.807) is 31.4 Å². The third-order valence-electron chi connectivity index (χ3n) is 4.25. The normalized spacial score (nSPS) is 11.7. The second-order valence-electron chi connectivity index (χ2n) is 5.91. The number of benzene rings is 2. The standard InChI is InChI=1S/C20H19NO5S2/c1-12-17(13-4-8-15(9-5-13)21-28(23)24)19(20(22)26-3)27-18(12)14-6-10-16(25-2)11-7-14/h4-11,21H,1-3H3,(H,23,24).